The van der Waals surface area contributed by atoms with Gasteiger partial charge < -0.3 is 23.7 Å². The van der Waals surface area contributed by atoms with E-state index in [9.17, 15) is 19.2 Å². The van der Waals surface area contributed by atoms with Crippen molar-refractivity contribution in [3.8, 4) is 0 Å². The van der Waals surface area contributed by atoms with E-state index in [0.717, 1.165) is 0 Å². The molecule has 1 aliphatic heterocycles. The first-order valence-electron chi connectivity index (χ1n) is 10.7. The average Bonchev–Trinajstić information content (AvgIpc) is 2.62. The molecule has 1 rings (SSSR count). The number of rotatable bonds is 4. The van der Waals surface area contributed by atoms with E-state index in [1.165, 1.54) is 7.11 Å². The van der Waals surface area contributed by atoms with Gasteiger partial charge in [-0.15, -0.1) is 0 Å². The number of carbonyl (C=O) groups is 4. The van der Waals surface area contributed by atoms with E-state index in [1.807, 2.05) is 0 Å². The first-order chi connectivity index (χ1) is 14.3. The zero-order valence-electron chi connectivity index (χ0n) is 21.1. The second-order valence-corrected chi connectivity index (χ2v) is 11.2. The van der Waals surface area contributed by atoms with Crippen molar-refractivity contribution in [1.82, 2.24) is 0 Å². The SMILES string of the molecule is COC(=O)C1O[C@@H](OC(=O)C(C)(C)C)C(OC(=O)C(C)(C)C)[C@H](OC(=O)C(C)(C)C)[C@@H]1C. The van der Waals surface area contributed by atoms with E-state index in [1.54, 1.807) is 69.2 Å². The van der Waals surface area contributed by atoms with Crippen LogP contribution in [0.2, 0.25) is 0 Å². The van der Waals surface area contributed by atoms with Crippen LogP contribution in [0.1, 0.15) is 69.2 Å². The lowest BCUT2D eigenvalue weighted by molar-refractivity contribution is -0.286. The van der Waals surface area contributed by atoms with Gasteiger partial charge in [-0.3, -0.25) is 14.4 Å². The smallest absolute Gasteiger partial charge is 0.335 e. The lowest BCUT2D eigenvalue weighted by atomic mass is 9.88. The minimum atomic E-state index is -1.48. The first-order valence-corrected chi connectivity index (χ1v) is 10.7. The number of carbonyl (C=O) groups excluding carboxylic acids is 4. The zero-order chi connectivity index (χ0) is 25.2. The number of ether oxygens (including phenoxy) is 5. The molecule has 2 unspecified atom stereocenters. The summed E-state index contributed by atoms with van der Waals surface area (Å²) in [6, 6.07) is 0. The molecule has 0 aliphatic carbocycles. The van der Waals surface area contributed by atoms with Crippen molar-refractivity contribution < 1.29 is 42.9 Å². The van der Waals surface area contributed by atoms with Crippen LogP contribution in [0.15, 0.2) is 0 Å². The molecular weight excluding hydrogens is 420 g/mol. The van der Waals surface area contributed by atoms with Crippen molar-refractivity contribution in [2.24, 2.45) is 22.2 Å². The van der Waals surface area contributed by atoms with Crippen molar-refractivity contribution >= 4 is 23.9 Å². The van der Waals surface area contributed by atoms with Crippen molar-refractivity contribution in [3.63, 3.8) is 0 Å². The second-order valence-electron chi connectivity index (χ2n) is 11.2. The van der Waals surface area contributed by atoms with E-state index in [4.69, 9.17) is 23.7 Å². The predicted octanol–water partition coefficient (Wildman–Crippen LogP) is 3.03. The number of hydrogen-bond donors (Lipinski definition) is 0. The Morgan fingerprint density at radius 1 is 0.656 bits per heavy atom. The highest BCUT2D eigenvalue weighted by atomic mass is 16.7. The molecule has 9 nitrogen and oxygen atoms in total. The molecule has 1 saturated heterocycles. The third-order valence-electron chi connectivity index (χ3n) is 4.85. The molecule has 0 N–H and O–H groups in total. The van der Waals surface area contributed by atoms with Crippen LogP contribution < -0.4 is 0 Å². The molecule has 5 atom stereocenters. The van der Waals surface area contributed by atoms with Crippen LogP contribution in [0, 0.1) is 22.2 Å². The molecule has 0 bridgehead atoms. The van der Waals surface area contributed by atoms with Crippen molar-refractivity contribution in [2.45, 2.75) is 93.8 Å². The highest BCUT2D eigenvalue weighted by Gasteiger charge is 2.54. The van der Waals surface area contributed by atoms with E-state index < -0.39 is 70.6 Å². The number of methoxy groups -OCH3 is 1. The summed E-state index contributed by atoms with van der Waals surface area (Å²) >= 11 is 0. The Labute approximate surface area is 190 Å². The molecule has 1 aliphatic rings. The van der Waals surface area contributed by atoms with Crippen LogP contribution in [0.25, 0.3) is 0 Å². The molecule has 0 radical (unpaired) electrons. The molecular formula is C23H38O9. The van der Waals surface area contributed by atoms with Gasteiger partial charge in [0.1, 0.15) is 0 Å². The predicted molar refractivity (Wildman–Crippen MR) is 114 cm³/mol. The molecule has 1 fully saturated rings. The molecule has 0 aromatic heterocycles. The lowest BCUT2D eigenvalue weighted by Crippen LogP contribution is -2.61. The fourth-order valence-electron chi connectivity index (χ4n) is 2.63. The molecule has 0 saturated carbocycles. The number of hydrogen-bond acceptors (Lipinski definition) is 9. The monoisotopic (exact) mass is 458 g/mol. The highest BCUT2D eigenvalue weighted by molar-refractivity contribution is 5.78. The molecule has 1 heterocycles. The van der Waals surface area contributed by atoms with Crippen LogP contribution in [0.5, 0.6) is 0 Å². The fraction of sp³-hybridized carbons (Fsp3) is 0.826. The Balaban J connectivity index is 3.47. The van der Waals surface area contributed by atoms with Gasteiger partial charge in [-0.2, -0.15) is 0 Å². The Morgan fingerprint density at radius 2 is 1.03 bits per heavy atom. The zero-order valence-corrected chi connectivity index (χ0v) is 21.1. The largest absolute Gasteiger partial charge is 0.467 e. The Morgan fingerprint density at radius 3 is 1.41 bits per heavy atom. The molecule has 9 heteroatoms. The average molecular weight is 459 g/mol. The van der Waals surface area contributed by atoms with Gasteiger partial charge in [-0.1, -0.05) is 6.92 Å². The summed E-state index contributed by atoms with van der Waals surface area (Å²) < 4.78 is 27.5. The summed E-state index contributed by atoms with van der Waals surface area (Å²) in [4.78, 5) is 50.4. The van der Waals surface area contributed by atoms with Crippen LogP contribution in [-0.2, 0) is 42.9 Å². The van der Waals surface area contributed by atoms with Crippen molar-refractivity contribution in [2.75, 3.05) is 7.11 Å². The topological polar surface area (TPSA) is 114 Å². The summed E-state index contributed by atoms with van der Waals surface area (Å²) in [7, 11) is 1.19. The van der Waals surface area contributed by atoms with Crippen LogP contribution in [-0.4, -0.2) is 55.6 Å². The summed E-state index contributed by atoms with van der Waals surface area (Å²) in [5.41, 5.74) is -2.65. The summed E-state index contributed by atoms with van der Waals surface area (Å²) in [5, 5.41) is 0. The number of esters is 4. The van der Waals surface area contributed by atoms with Crippen LogP contribution >= 0.6 is 0 Å². The van der Waals surface area contributed by atoms with Gasteiger partial charge in [0.25, 0.3) is 0 Å². The minimum Gasteiger partial charge on any atom is -0.467 e. The van der Waals surface area contributed by atoms with Gasteiger partial charge in [-0.25, -0.2) is 4.79 Å². The van der Waals surface area contributed by atoms with Crippen molar-refractivity contribution in [1.29, 1.82) is 0 Å². The Kier molecular flexibility index (Phi) is 8.51. The quantitative estimate of drug-likeness (QED) is 0.463. The summed E-state index contributed by atoms with van der Waals surface area (Å²) in [6.45, 7) is 16.5. The van der Waals surface area contributed by atoms with Crippen LogP contribution in [0.3, 0.4) is 0 Å². The maximum absolute atomic E-state index is 12.7. The van der Waals surface area contributed by atoms with Gasteiger partial charge in [0, 0.05) is 5.92 Å². The highest BCUT2D eigenvalue weighted by Crippen LogP contribution is 2.35. The van der Waals surface area contributed by atoms with Gasteiger partial charge >= 0.3 is 23.9 Å². The molecule has 184 valence electrons. The van der Waals surface area contributed by atoms with E-state index in [2.05, 4.69) is 0 Å². The molecule has 32 heavy (non-hydrogen) atoms. The fourth-order valence-corrected chi connectivity index (χ4v) is 2.63. The molecule has 0 aromatic carbocycles. The van der Waals surface area contributed by atoms with Gasteiger partial charge in [0.2, 0.25) is 12.4 Å². The third kappa shape index (κ3) is 6.92. The Bertz CT molecular complexity index is 721. The van der Waals surface area contributed by atoms with E-state index in [-0.39, 0.29) is 0 Å². The molecule has 0 spiro atoms. The normalized spacial score (nSPS) is 26.7. The maximum Gasteiger partial charge on any atom is 0.335 e. The third-order valence-corrected chi connectivity index (χ3v) is 4.85. The van der Waals surface area contributed by atoms with E-state index >= 15 is 0 Å². The molecule has 0 aromatic rings. The van der Waals surface area contributed by atoms with Gasteiger partial charge in [0.15, 0.2) is 12.2 Å². The Hall–Kier alpha value is -2.16. The summed E-state index contributed by atoms with van der Waals surface area (Å²) in [5.74, 6) is -3.30. The standard InChI is InChI=1S/C23H38O9/c1-12-13(30-18(25)21(2,3)4)15(31-19(26)22(5,6)7)17(29-14(12)16(24)28-11)32-20(27)23(8,9)10/h12-15,17H,1-11H3/t12-,13+,14?,15?,17-/m0/s1. The minimum absolute atomic E-state index is 0.572. The molecule has 0 amide bonds. The summed E-state index contributed by atoms with van der Waals surface area (Å²) in [6.07, 6.45) is -5.09. The maximum atomic E-state index is 12.7. The van der Waals surface area contributed by atoms with Crippen LogP contribution in [0.4, 0.5) is 0 Å². The van der Waals surface area contributed by atoms with Crippen molar-refractivity contribution in [3.05, 3.63) is 0 Å². The second kappa shape index (κ2) is 9.77. The van der Waals surface area contributed by atoms with Gasteiger partial charge in [0.05, 0.1) is 23.4 Å². The van der Waals surface area contributed by atoms with Gasteiger partial charge in [-0.05, 0) is 62.3 Å². The first kappa shape index (κ1) is 27.9. The lowest BCUT2D eigenvalue weighted by Gasteiger charge is -2.44. The van der Waals surface area contributed by atoms with E-state index in [0.29, 0.717) is 0 Å².